The molecule has 0 fully saturated rings. The zero-order chi connectivity index (χ0) is 14.0. The lowest BCUT2D eigenvalue weighted by molar-refractivity contribution is 0.623. The summed E-state index contributed by atoms with van der Waals surface area (Å²) < 4.78 is 2.87. The van der Waals surface area contributed by atoms with Gasteiger partial charge in [0.05, 0.1) is 28.6 Å². The molecular weight excluding hydrogens is 349 g/mol. The Morgan fingerprint density at radius 1 is 1.37 bits per heavy atom. The van der Waals surface area contributed by atoms with Gasteiger partial charge in [0, 0.05) is 16.0 Å². The van der Waals surface area contributed by atoms with E-state index in [2.05, 4.69) is 26.3 Å². The van der Waals surface area contributed by atoms with E-state index in [0.29, 0.717) is 16.6 Å². The zero-order valence-corrected chi connectivity index (χ0v) is 13.8. The molecule has 6 heteroatoms. The molecule has 0 amide bonds. The number of nitrogens with zero attached hydrogens (tertiary/aromatic N) is 2. The van der Waals surface area contributed by atoms with Crippen LogP contribution in [-0.4, -0.2) is 9.78 Å². The molecule has 1 aromatic carbocycles. The van der Waals surface area contributed by atoms with Gasteiger partial charge >= 0.3 is 0 Å². The van der Waals surface area contributed by atoms with Crippen molar-refractivity contribution < 1.29 is 0 Å². The van der Waals surface area contributed by atoms with Crippen LogP contribution in [0.1, 0.15) is 18.3 Å². The summed E-state index contributed by atoms with van der Waals surface area (Å²) in [5.41, 5.74) is 2.77. The molecule has 0 bridgehead atoms. The maximum atomic E-state index is 6.27. The van der Waals surface area contributed by atoms with Crippen molar-refractivity contribution in [2.45, 2.75) is 26.9 Å². The van der Waals surface area contributed by atoms with Gasteiger partial charge in [-0.1, -0.05) is 23.2 Å². The predicted octanol–water partition coefficient (Wildman–Crippen LogP) is 4.89. The maximum absolute atomic E-state index is 6.27. The SMILES string of the molecule is CCn1nc(C)c(Cl)c1CNc1cc(Cl)ccc1Br. The fraction of sp³-hybridized carbons (Fsp3) is 0.308. The Balaban J connectivity index is 2.21. The molecule has 3 nitrogen and oxygen atoms in total. The predicted molar refractivity (Wildman–Crippen MR) is 84.1 cm³/mol. The largest absolute Gasteiger partial charge is 0.378 e. The van der Waals surface area contributed by atoms with E-state index in [9.17, 15) is 0 Å². The Hall–Kier alpha value is -0.710. The van der Waals surface area contributed by atoms with Crippen LogP contribution in [0.5, 0.6) is 0 Å². The molecule has 2 aromatic rings. The van der Waals surface area contributed by atoms with Crippen molar-refractivity contribution in [1.82, 2.24) is 9.78 Å². The molecule has 1 heterocycles. The molecule has 0 aliphatic heterocycles. The molecular formula is C13H14BrCl2N3. The molecule has 0 saturated carbocycles. The number of hydrogen-bond donors (Lipinski definition) is 1. The first kappa shape index (κ1) is 14.7. The Bertz CT molecular complexity index is 596. The number of aryl methyl sites for hydroxylation is 2. The van der Waals surface area contributed by atoms with Crippen molar-refractivity contribution >= 4 is 44.8 Å². The number of rotatable bonds is 4. The lowest BCUT2D eigenvalue weighted by atomic mass is 10.3. The van der Waals surface area contributed by atoms with E-state index >= 15 is 0 Å². The van der Waals surface area contributed by atoms with Crippen LogP contribution in [0.25, 0.3) is 0 Å². The van der Waals surface area contributed by atoms with Gasteiger partial charge in [-0.3, -0.25) is 4.68 Å². The summed E-state index contributed by atoms with van der Waals surface area (Å²) in [6, 6.07) is 5.62. The van der Waals surface area contributed by atoms with Crippen molar-refractivity contribution in [2.24, 2.45) is 0 Å². The first-order valence-electron chi connectivity index (χ1n) is 5.93. The van der Waals surface area contributed by atoms with E-state index in [1.165, 1.54) is 0 Å². The fourth-order valence-corrected chi connectivity index (χ4v) is 2.61. The molecule has 2 rings (SSSR count). The summed E-state index contributed by atoms with van der Waals surface area (Å²) in [6.07, 6.45) is 0. The summed E-state index contributed by atoms with van der Waals surface area (Å²) in [6.45, 7) is 5.35. The smallest absolute Gasteiger partial charge is 0.0865 e. The highest BCUT2D eigenvalue weighted by atomic mass is 79.9. The molecule has 0 atom stereocenters. The van der Waals surface area contributed by atoms with Crippen molar-refractivity contribution in [3.05, 3.63) is 44.1 Å². The topological polar surface area (TPSA) is 29.9 Å². The lowest BCUT2D eigenvalue weighted by Crippen LogP contribution is -2.08. The van der Waals surface area contributed by atoms with Crippen LogP contribution in [0.4, 0.5) is 5.69 Å². The van der Waals surface area contributed by atoms with Gasteiger partial charge in [-0.2, -0.15) is 5.10 Å². The first-order valence-corrected chi connectivity index (χ1v) is 7.48. The van der Waals surface area contributed by atoms with Crippen molar-refractivity contribution in [3.63, 3.8) is 0 Å². The van der Waals surface area contributed by atoms with Gasteiger partial charge in [0.2, 0.25) is 0 Å². The van der Waals surface area contributed by atoms with E-state index in [0.717, 1.165) is 28.1 Å². The number of aromatic nitrogens is 2. The number of anilines is 1. The number of halogens is 3. The van der Waals surface area contributed by atoms with Gasteiger partial charge in [-0.05, 0) is 48.0 Å². The first-order chi connectivity index (χ1) is 9.02. The van der Waals surface area contributed by atoms with Crippen LogP contribution in [0.15, 0.2) is 22.7 Å². The third-order valence-corrected chi connectivity index (χ3v) is 4.25. The van der Waals surface area contributed by atoms with Crippen LogP contribution < -0.4 is 5.32 Å². The average molecular weight is 363 g/mol. The van der Waals surface area contributed by atoms with Gasteiger partial charge in [0.15, 0.2) is 0 Å². The monoisotopic (exact) mass is 361 g/mol. The van der Waals surface area contributed by atoms with Crippen LogP contribution in [0, 0.1) is 6.92 Å². The highest BCUT2D eigenvalue weighted by Crippen LogP contribution is 2.27. The Labute approximate surface area is 131 Å². The third-order valence-electron chi connectivity index (χ3n) is 2.83. The summed E-state index contributed by atoms with van der Waals surface area (Å²) in [5.74, 6) is 0. The van der Waals surface area contributed by atoms with Crippen LogP contribution in [0.2, 0.25) is 10.0 Å². The van der Waals surface area contributed by atoms with Gasteiger partial charge in [0.25, 0.3) is 0 Å². The summed E-state index contributed by atoms with van der Waals surface area (Å²) in [7, 11) is 0. The second kappa shape index (κ2) is 6.16. The summed E-state index contributed by atoms with van der Waals surface area (Å²) >= 11 is 15.7. The van der Waals surface area contributed by atoms with Gasteiger partial charge in [-0.25, -0.2) is 0 Å². The molecule has 0 aliphatic rings. The van der Waals surface area contributed by atoms with E-state index in [-0.39, 0.29) is 0 Å². The molecule has 0 aliphatic carbocycles. The molecule has 0 radical (unpaired) electrons. The van der Waals surface area contributed by atoms with E-state index < -0.39 is 0 Å². The molecule has 0 unspecified atom stereocenters. The minimum absolute atomic E-state index is 0.604. The second-order valence-electron chi connectivity index (χ2n) is 4.14. The van der Waals surface area contributed by atoms with Gasteiger partial charge in [0.1, 0.15) is 0 Å². The minimum Gasteiger partial charge on any atom is -0.378 e. The number of hydrogen-bond acceptors (Lipinski definition) is 2. The molecule has 0 spiro atoms. The summed E-state index contributed by atoms with van der Waals surface area (Å²) in [4.78, 5) is 0. The normalized spacial score (nSPS) is 10.8. The average Bonchev–Trinajstić information content (AvgIpc) is 2.66. The molecule has 0 saturated heterocycles. The van der Waals surface area contributed by atoms with Crippen LogP contribution >= 0.6 is 39.1 Å². The number of benzene rings is 1. The van der Waals surface area contributed by atoms with E-state index in [4.69, 9.17) is 23.2 Å². The van der Waals surface area contributed by atoms with Crippen LogP contribution in [0.3, 0.4) is 0 Å². The zero-order valence-electron chi connectivity index (χ0n) is 10.7. The highest BCUT2D eigenvalue weighted by Gasteiger charge is 2.12. The fourth-order valence-electron chi connectivity index (χ4n) is 1.85. The minimum atomic E-state index is 0.604. The Kier molecular flexibility index (Phi) is 4.76. The van der Waals surface area contributed by atoms with Crippen molar-refractivity contribution in [1.29, 1.82) is 0 Å². The number of nitrogens with one attached hydrogen (secondary N) is 1. The van der Waals surface area contributed by atoms with Crippen molar-refractivity contribution in [3.8, 4) is 0 Å². The van der Waals surface area contributed by atoms with Crippen LogP contribution in [-0.2, 0) is 13.1 Å². The highest BCUT2D eigenvalue weighted by molar-refractivity contribution is 9.10. The van der Waals surface area contributed by atoms with Gasteiger partial charge < -0.3 is 5.32 Å². The standard InChI is InChI=1S/C13H14BrCl2N3/c1-3-19-12(13(16)8(2)18-19)7-17-11-6-9(15)4-5-10(11)14/h4-6,17H,3,7H2,1-2H3. The Morgan fingerprint density at radius 2 is 2.11 bits per heavy atom. The quantitative estimate of drug-likeness (QED) is 0.838. The van der Waals surface area contributed by atoms with Crippen molar-refractivity contribution in [2.75, 3.05) is 5.32 Å². The molecule has 19 heavy (non-hydrogen) atoms. The maximum Gasteiger partial charge on any atom is 0.0865 e. The second-order valence-corrected chi connectivity index (χ2v) is 5.81. The molecule has 102 valence electrons. The Morgan fingerprint density at radius 3 is 2.79 bits per heavy atom. The molecule has 1 N–H and O–H groups in total. The molecule has 1 aromatic heterocycles. The van der Waals surface area contributed by atoms with E-state index in [1.54, 1.807) is 0 Å². The lowest BCUT2D eigenvalue weighted by Gasteiger charge is -2.10. The van der Waals surface area contributed by atoms with Gasteiger partial charge in [-0.15, -0.1) is 0 Å². The van der Waals surface area contributed by atoms with E-state index in [1.807, 2.05) is 36.7 Å². The summed E-state index contributed by atoms with van der Waals surface area (Å²) in [5, 5.41) is 9.12. The third kappa shape index (κ3) is 3.25.